The Kier molecular flexibility index (Phi) is 6.52. The van der Waals surface area contributed by atoms with Gasteiger partial charge in [0.05, 0.1) is 0 Å². The van der Waals surface area contributed by atoms with E-state index in [0.717, 1.165) is 17.6 Å². The van der Waals surface area contributed by atoms with Gasteiger partial charge in [0.1, 0.15) is 0 Å². The van der Waals surface area contributed by atoms with Crippen molar-refractivity contribution < 1.29 is 0 Å². The average Bonchev–Trinajstić information content (AvgIpc) is 3.22. The van der Waals surface area contributed by atoms with Crippen molar-refractivity contribution in [1.29, 1.82) is 0 Å². The predicted octanol–water partition coefficient (Wildman–Crippen LogP) is 8.97. The second-order valence-electron chi connectivity index (χ2n) is 11.2. The molecule has 5 rings (SSSR count). The number of rotatable bonds is 6. The Balaban J connectivity index is 1.75. The van der Waals surface area contributed by atoms with Crippen molar-refractivity contribution in [2.24, 2.45) is 5.41 Å². The fourth-order valence-corrected chi connectivity index (χ4v) is 15.2. The van der Waals surface area contributed by atoms with Crippen molar-refractivity contribution >= 4 is 60.1 Å². The Hall–Kier alpha value is -2.24. The van der Waals surface area contributed by atoms with E-state index in [1.165, 1.54) is 52.4 Å². The first kappa shape index (κ1) is 24.5. The van der Waals surface area contributed by atoms with Crippen LogP contribution < -0.4 is 4.40 Å². The van der Waals surface area contributed by atoms with Gasteiger partial charge in [0.25, 0.3) is 0 Å². The van der Waals surface area contributed by atoms with Crippen molar-refractivity contribution in [2.75, 3.05) is 0 Å². The van der Waals surface area contributed by atoms with Gasteiger partial charge in [0.2, 0.25) is 0 Å². The van der Waals surface area contributed by atoms with E-state index in [-0.39, 0.29) is 5.41 Å². The van der Waals surface area contributed by atoms with E-state index in [1.807, 2.05) is 11.3 Å². The summed E-state index contributed by atoms with van der Waals surface area (Å²) in [5, 5.41) is 7.99. The summed E-state index contributed by atoms with van der Waals surface area (Å²) in [5.41, 5.74) is 5.08. The van der Waals surface area contributed by atoms with E-state index in [0.29, 0.717) is 0 Å². The topological polar surface area (TPSA) is 25.8 Å². The summed E-state index contributed by atoms with van der Waals surface area (Å²) in [4.78, 5) is 9.63. The van der Waals surface area contributed by atoms with Crippen molar-refractivity contribution in [3.8, 4) is 11.3 Å². The molecule has 0 aliphatic heterocycles. The summed E-state index contributed by atoms with van der Waals surface area (Å²) in [6, 6.07) is 20.8. The molecule has 0 bridgehead atoms. The van der Waals surface area contributed by atoms with Crippen molar-refractivity contribution in [3.63, 3.8) is 0 Å². The molecule has 0 unspecified atom stereocenters. The fraction of sp³-hybridized carbons (Fsp3) is 0.355. The summed E-state index contributed by atoms with van der Waals surface area (Å²) in [7, 11) is 0. The van der Waals surface area contributed by atoms with Gasteiger partial charge in [-0.3, -0.25) is 0 Å². The molecule has 0 atom stereocenters. The molecule has 2 nitrogen and oxygen atoms in total. The molecule has 0 aliphatic carbocycles. The summed E-state index contributed by atoms with van der Waals surface area (Å²) in [6.45, 7) is 14.2. The summed E-state index contributed by atoms with van der Waals surface area (Å²) >= 11 is -0.359. The third-order valence-corrected chi connectivity index (χ3v) is 20.7. The van der Waals surface area contributed by atoms with E-state index in [4.69, 9.17) is 9.97 Å². The number of fused-ring (bicyclic) bond motifs is 4. The van der Waals surface area contributed by atoms with Gasteiger partial charge in [-0.15, -0.1) is 0 Å². The van der Waals surface area contributed by atoms with Crippen LogP contribution in [0.4, 0.5) is 0 Å². The number of nitrogens with zero attached hydrogens (tertiary/aromatic N) is 2. The number of aromatic nitrogens is 2. The van der Waals surface area contributed by atoms with Crippen molar-refractivity contribution in [3.05, 3.63) is 66.5 Å². The van der Waals surface area contributed by atoms with Gasteiger partial charge < -0.3 is 0 Å². The Morgan fingerprint density at radius 1 is 0.829 bits per heavy atom. The van der Waals surface area contributed by atoms with Crippen molar-refractivity contribution in [1.82, 2.24) is 9.97 Å². The monoisotopic (exact) mass is 542 g/mol. The summed E-state index contributed by atoms with van der Waals surface area (Å²) in [5.74, 6) is 0. The van der Waals surface area contributed by atoms with Gasteiger partial charge in [0.15, 0.2) is 0 Å². The van der Waals surface area contributed by atoms with Crippen LogP contribution in [0.1, 0.15) is 47.1 Å². The molecular weight excluding hydrogens is 505 g/mol. The van der Waals surface area contributed by atoms with Gasteiger partial charge >= 0.3 is 217 Å². The molecule has 0 radical (unpaired) electrons. The van der Waals surface area contributed by atoms with Gasteiger partial charge in [0, 0.05) is 0 Å². The quantitative estimate of drug-likeness (QED) is 0.201. The predicted molar refractivity (Wildman–Crippen MR) is 158 cm³/mol. The Morgan fingerprint density at radius 3 is 2.29 bits per heavy atom. The molecule has 2 heterocycles. The Morgan fingerprint density at radius 2 is 1.57 bits per heavy atom. The molecule has 0 N–H and O–H groups in total. The van der Waals surface area contributed by atoms with E-state index < -0.39 is 13.3 Å². The third-order valence-electron chi connectivity index (χ3n) is 7.79. The first-order valence-corrected chi connectivity index (χ1v) is 19.3. The van der Waals surface area contributed by atoms with Gasteiger partial charge in [-0.1, -0.05) is 0 Å². The molecule has 0 amide bonds. The standard InChI is InChI=1S/C31H36GeN2S/c1-7-32(8-2,9-3)26-18-23(17-22-12-10-11-13-24(22)26)28-30-29(34-20-33-28)25-15-14-21(16-27(25)35-30)19-31(4,5)6/h10-18,20H,7-9,19H2,1-6H3. The maximum absolute atomic E-state index is 4.88. The zero-order valence-corrected chi connectivity index (χ0v) is 24.8. The molecule has 0 saturated heterocycles. The second-order valence-corrected chi connectivity index (χ2v) is 23.2. The molecule has 180 valence electrons. The number of hydrogen-bond acceptors (Lipinski definition) is 3. The molecule has 0 fully saturated rings. The molecule has 0 spiro atoms. The molecular formula is C31H36GeN2S. The molecule has 35 heavy (non-hydrogen) atoms. The minimum absolute atomic E-state index is 0.270. The van der Waals surface area contributed by atoms with Crippen LogP contribution in [0.5, 0.6) is 0 Å². The summed E-state index contributed by atoms with van der Waals surface area (Å²) in [6.07, 6.45) is 2.83. The van der Waals surface area contributed by atoms with Gasteiger partial charge in [-0.2, -0.15) is 0 Å². The summed E-state index contributed by atoms with van der Waals surface area (Å²) < 4.78 is 4.16. The van der Waals surface area contributed by atoms with Crippen LogP contribution in [0.3, 0.4) is 0 Å². The van der Waals surface area contributed by atoms with Crippen LogP contribution >= 0.6 is 11.3 Å². The molecule has 0 saturated carbocycles. The first-order valence-electron chi connectivity index (χ1n) is 13.0. The van der Waals surface area contributed by atoms with Gasteiger partial charge in [-0.05, 0) is 0 Å². The van der Waals surface area contributed by atoms with E-state index in [9.17, 15) is 0 Å². The third kappa shape index (κ3) is 4.42. The normalized spacial score (nSPS) is 12.7. The zero-order chi connectivity index (χ0) is 24.8. The molecule has 2 aromatic heterocycles. The van der Waals surface area contributed by atoms with Crippen LogP contribution in [-0.4, -0.2) is 23.2 Å². The Labute approximate surface area is 216 Å². The average molecular weight is 541 g/mol. The number of thiophene rings is 1. The number of hydrogen-bond donors (Lipinski definition) is 0. The van der Waals surface area contributed by atoms with E-state index >= 15 is 0 Å². The first-order chi connectivity index (χ1) is 16.8. The number of benzene rings is 3. The van der Waals surface area contributed by atoms with Crippen LogP contribution in [0, 0.1) is 5.41 Å². The van der Waals surface area contributed by atoms with Crippen LogP contribution in [-0.2, 0) is 6.42 Å². The van der Waals surface area contributed by atoms with Gasteiger partial charge in [-0.25, -0.2) is 0 Å². The zero-order valence-electron chi connectivity index (χ0n) is 21.9. The Bertz CT molecular complexity index is 1510. The van der Waals surface area contributed by atoms with Crippen LogP contribution in [0.25, 0.3) is 42.3 Å². The fourth-order valence-electron chi connectivity index (χ4n) is 5.75. The molecule has 3 aromatic carbocycles. The maximum atomic E-state index is 4.88. The van der Waals surface area contributed by atoms with Crippen LogP contribution in [0.2, 0.25) is 15.8 Å². The molecule has 5 aromatic rings. The molecule has 0 aliphatic rings. The molecule has 4 heteroatoms. The minimum atomic E-state index is -2.21. The van der Waals surface area contributed by atoms with E-state index in [2.05, 4.69) is 96.1 Å². The van der Waals surface area contributed by atoms with Crippen molar-refractivity contribution in [2.45, 2.75) is 63.7 Å². The second kappa shape index (κ2) is 9.33. The van der Waals surface area contributed by atoms with E-state index in [1.54, 1.807) is 10.7 Å². The SMILES string of the molecule is C[CH2][Ge]([CH2]C)([CH2]C)[c]1cc(-c2ncnc3c2sc2cc(CC(C)(C)C)ccc23)cc2ccccc12. The van der Waals surface area contributed by atoms with Crippen LogP contribution in [0.15, 0.2) is 60.9 Å².